The van der Waals surface area contributed by atoms with Crippen LogP contribution in [0.25, 0.3) is 10.8 Å². The molecule has 0 atom stereocenters. The molecule has 6 heteroatoms. The normalized spacial score (nSPS) is 15.4. The van der Waals surface area contributed by atoms with Crippen molar-refractivity contribution in [2.45, 2.75) is 51.7 Å². The summed E-state index contributed by atoms with van der Waals surface area (Å²) in [5.74, 6) is 0.0512. The van der Waals surface area contributed by atoms with Gasteiger partial charge in [0.05, 0.1) is 22.8 Å². The zero-order valence-corrected chi connectivity index (χ0v) is 18.4. The highest BCUT2D eigenvalue weighted by molar-refractivity contribution is 5.94. The number of aromatic nitrogens is 2. The number of hydrogen-bond acceptors (Lipinski definition) is 4. The van der Waals surface area contributed by atoms with Crippen molar-refractivity contribution < 1.29 is 9.53 Å². The molecule has 0 radical (unpaired) electrons. The molecule has 0 bridgehead atoms. The number of amides is 1. The molecular formula is C25H29N3O3. The summed E-state index contributed by atoms with van der Waals surface area (Å²) in [5.41, 5.74) is 2.11. The van der Waals surface area contributed by atoms with Gasteiger partial charge in [-0.1, -0.05) is 30.3 Å². The molecule has 1 N–H and O–H groups in total. The molecule has 1 aromatic heterocycles. The van der Waals surface area contributed by atoms with Crippen LogP contribution in [0.4, 0.5) is 0 Å². The van der Waals surface area contributed by atoms with E-state index in [2.05, 4.69) is 31.0 Å². The molecule has 2 heterocycles. The van der Waals surface area contributed by atoms with Gasteiger partial charge in [0.15, 0.2) is 0 Å². The van der Waals surface area contributed by atoms with Crippen molar-refractivity contribution >= 4 is 16.7 Å². The number of likely N-dealkylation sites (tertiary alicyclic amines) is 1. The largest absolute Gasteiger partial charge is 0.372 e. The third-order valence-corrected chi connectivity index (χ3v) is 5.57. The minimum atomic E-state index is -0.192. The molecule has 31 heavy (non-hydrogen) atoms. The molecule has 3 aromatic rings. The number of rotatable bonds is 4. The first kappa shape index (κ1) is 21.2. The molecule has 2 aromatic carbocycles. The van der Waals surface area contributed by atoms with Crippen LogP contribution in [0, 0.1) is 0 Å². The van der Waals surface area contributed by atoms with Crippen LogP contribution in [0.5, 0.6) is 0 Å². The van der Waals surface area contributed by atoms with Crippen molar-refractivity contribution in [3.8, 4) is 0 Å². The van der Waals surface area contributed by atoms with E-state index in [1.54, 1.807) is 6.07 Å². The van der Waals surface area contributed by atoms with E-state index in [1.807, 2.05) is 47.4 Å². The van der Waals surface area contributed by atoms with Crippen LogP contribution in [0.3, 0.4) is 0 Å². The van der Waals surface area contributed by atoms with E-state index >= 15 is 0 Å². The fraction of sp³-hybridized carbons (Fsp3) is 0.400. The smallest absolute Gasteiger partial charge is 0.272 e. The number of hydrogen-bond donors (Lipinski definition) is 1. The molecule has 1 aliphatic heterocycles. The van der Waals surface area contributed by atoms with E-state index in [0.717, 1.165) is 29.5 Å². The average Bonchev–Trinajstić information content (AvgIpc) is 2.75. The van der Waals surface area contributed by atoms with Gasteiger partial charge in [-0.3, -0.25) is 9.59 Å². The number of piperidine rings is 1. The first-order chi connectivity index (χ1) is 14.8. The second-order valence-electron chi connectivity index (χ2n) is 9.14. The molecule has 1 fully saturated rings. The molecule has 0 spiro atoms. The van der Waals surface area contributed by atoms with Gasteiger partial charge < -0.3 is 9.64 Å². The van der Waals surface area contributed by atoms with Crippen LogP contribution in [0.2, 0.25) is 0 Å². The number of ether oxygens (including phenoxy) is 1. The topological polar surface area (TPSA) is 75.3 Å². The predicted molar refractivity (Wildman–Crippen MR) is 121 cm³/mol. The van der Waals surface area contributed by atoms with Crippen molar-refractivity contribution in [1.29, 1.82) is 0 Å². The van der Waals surface area contributed by atoms with Gasteiger partial charge in [0, 0.05) is 30.5 Å². The molecule has 6 nitrogen and oxygen atoms in total. The van der Waals surface area contributed by atoms with Gasteiger partial charge in [0.25, 0.3) is 11.5 Å². The maximum Gasteiger partial charge on any atom is 0.272 e. The van der Waals surface area contributed by atoms with Crippen LogP contribution in [0.1, 0.15) is 55.2 Å². The van der Waals surface area contributed by atoms with Crippen molar-refractivity contribution in [2.24, 2.45) is 0 Å². The predicted octanol–water partition coefficient (Wildman–Crippen LogP) is 3.93. The summed E-state index contributed by atoms with van der Waals surface area (Å²) in [6, 6.07) is 15.1. The summed E-state index contributed by atoms with van der Waals surface area (Å²) in [4.78, 5) is 27.0. The van der Waals surface area contributed by atoms with Crippen molar-refractivity contribution in [1.82, 2.24) is 15.1 Å². The van der Waals surface area contributed by atoms with Gasteiger partial charge >= 0.3 is 0 Å². The highest BCUT2D eigenvalue weighted by atomic mass is 16.5. The fourth-order valence-electron chi connectivity index (χ4n) is 4.17. The van der Waals surface area contributed by atoms with Gasteiger partial charge in [-0.25, -0.2) is 5.10 Å². The SMILES string of the molecule is CC(C)(C)OC1CCN(C(=O)c2cccc(Cc3n[nH]c(=O)c4ccccc34)c2)CC1. The molecule has 0 aliphatic carbocycles. The maximum atomic E-state index is 13.1. The van der Waals surface area contributed by atoms with E-state index in [9.17, 15) is 9.59 Å². The average molecular weight is 420 g/mol. The standard InChI is InChI=1S/C25H29N3O3/c1-25(2,3)31-19-11-13-28(14-12-19)24(30)18-8-6-7-17(15-18)16-22-20-9-4-5-10-21(20)23(29)27-26-22/h4-10,15,19H,11-14,16H2,1-3H3,(H,27,29). The number of nitrogens with one attached hydrogen (secondary N) is 1. The van der Waals surface area contributed by atoms with E-state index in [0.29, 0.717) is 30.5 Å². The summed E-state index contributed by atoms with van der Waals surface area (Å²) < 4.78 is 6.07. The monoisotopic (exact) mass is 419 g/mol. The van der Waals surface area contributed by atoms with Crippen molar-refractivity contribution in [3.05, 3.63) is 75.7 Å². The van der Waals surface area contributed by atoms with Crippen LogP contribution in [0.15, 0.2) is 53.3 Å². The van der Waals surface area contributed by atoms with Crippen molar-refractivity contribution in [2.75, 3.05) is 13.1 Å². The van der Waals surface area contributed by atoms with E-state index in [1.165, 1.54) is 0 Å². The van der Waals surface area contributed by atoms with Crippen molar-refractivity contribution in [3.63, 3.8) is 0 Å². The molecule has 1 saturated heterocycles. The quantitative estimate of drug-likeness (QED) is 0.695. The summed E-state index contributed by atoms with van der Waals surface area (Å²) in [5, 5.41) is 8.30. The van der Waals surface area contributed by atoms with Gasteiger partial charge in [0.1, 0.15) is 0 Å². The molecule has 4 rings (SSSR count). The summed E-state index contributed by atoms with van der Waals surface area (Å²) in [6.07, 6.45) is 2.46. The van der Waals surface area contributed by atoms with Crippen LogP contribution < -0.4 is 5.56 Å². The lowest BCUT2D eigenvalue weighted by molar-refractivity contribution is -0.0791. The molecule has 1 amide bonds. The highest BCUT2D eigenvalue weighted by Gasteiger charge is 2.27. The molecule has 0 unspecified atom stereocenters. The zero-order chi connectivity index (χ0) is 22.0. The van der Waals surface area contributed by atoms with E-state index in [-0.39, 0.29) is 23.2 Å². The van der Waals surface area contributed by atoms with E-state index in [4.69, 9.17) is 4.74 Å². The number of fused-ring (bicyclic) bond motifs is 1. The lowest BCUT2D eigenvalue weighted by Crippen LogP contribution is -2.42. The Bertz CT molecular complexity index is 1140. The fourth-order valence-corrected chi connectivity index (χ4v) is 4.17. The first-order valence-electron chi connectivity index (χ1n) is 10.8. The summed E-state index contributed by atoms with van der Waals surface area (Å²) in [7, 11) is 0. The van der Waals surface area contributed by atoms with Gasteiger partial charge in [-0.05, 0) is 57.4 Å². The van der Waals surface area contributed by atoms with Crippen LogP contribution >= 0.6 is 0 Å². The lowest BCUT2D eigenvalue weighted by atomic mass is 10.0. The Balaban J connectivity index is 1.48. The second kappa shape index (κ2) is 8.63. The third kappa shape index (κ3) is 5.02. The highest BCUT2D eigenvalue weighted by Crippen LogP contribution is 2.22. The Labute approximate surface area is 182 Å². The number of carbonyl (C=O) groups is 1. The third-order valence-electron chi connectivity index (χ3n) is 5.57. The Morgan fingerprint density at radius 2 is 1.81 bits per heavy atom. The number of nitrogens with zero attached hydrogens (tertiary/aromatic N) is 2. The summed E-state index contributed by atoms with van der Waals surface area (Å²) >= 11 is 0. The molecule has 162 valence electrons. The maximum absolute atomic E-state index is 13.1. The lowest BCUT2D eigenvalue weighted by Gasteiger charge is -2.35. The number of benzene rings is 2. The number of H-pyrrole nitrogens is 1. The Hall–Kier alpha value is -2.99. The number of aromatic amines is 1. The van der Waals surface area contributed by atoms with Crippen LogP contribution in [-0.2, 0) is 11.2 Å². The Morgan fingerprint density at radius 1 is 1.10 bits per heavy atom. The molecule has 1 aliphatic rings. The second-order valence-corrected chi connectivity index (χ2v) is 9.14. The Morgan fingerprint density at radius 3 is 2.52 bits per heavy atom. The number of carbonyl (C=O) groups excluding carboxylic acids is 1. The van der Waals surface area contributed by atoms with Gasteiger partial charge in [-0.2, -0.15) is 5.10 Å². The zero-order valence-electron chi connectivity index (χ0n) is 18.4. The van der Waals surface area contributed by atoms with Crippen LogP contribution in [-0.4, -0.2) is 45.8 Å². The minimum absolute atomic E-state index is 0.0512. The Kier molecular flexibility index (Phi) is 5.92. The molecule has 0 saturated carbocycles. The van der Waals surface area contributed by atoms with E-state index < -0.39 is 0 Å². The van der Waals surface area contributed by atoms with Gasteiger partial charge in [0.2, 0.25) is 0 Å². The first-order valence-corrected chi connectivity index (χ1v) is 10.8. The van der Waals surface area contributed by atoms with Gasteiger partial charge in [-0.15, -0.1) is 0 Å². The molecular weight excluding hydrogens is 390 g/mol. The summed E-state index contributed by atoms with van der Waals surface area (Å²) in [6.45, 7) is 7.61. The minimum Gasteiger partial charge on any atom is -0.372 e.